The molecule has 0 spiro atoms. The Balaban J connectivity index is 3.10. The van der Waals surface area contributed by atoms with Crippen molar-refractivity contribution in [1.29, 1.82) is 0 Å². The van der Waals surface area contributed by atoms with Crippen molar-refractivity contribution in [3.8, 4) is 0 Å². The summed E-state index contributed by atoms with van der Waals surface area (Å²) in [7, 11) is 0. The van der Waals surface area contributed by atoms with Gasteiger partial charge in [-0.15, -0.1) is 0 Å². The van der Waals surface area contributed by atoms with Crippen molar-refractivity contribution in [2.24, 2.45) is 5.73 Å². The van der Waals surface area contributed by atoms with Crippen LogP contribution < -0.4 is 17.2 Å². The second kappa shape index (κ2) is 4.84. The first-order chi connectivity index (χ1) is 7.89. The normalized spacial score (nSPS) is 13.9. The summed E-state index contributed by atoms with van der Waals surface area (Å²) >= 11 is 0. The van der Waals surface area contributed by atoms with Gasteiger partial charge in [-0.25, -0.2) is 0 Å². The van der Waals surface area contributed by atoms with Crippen LogP contribution in [0.5, 0.6) is 0 Å². The molecule has 0 unspecified atom stereocenters. The Labute approximate surface area is 98.4 Å². The summed E-state index contributed by atoms with van der Waals surface area (Å²) in [5.74, 6) is -1.02. The fraction of sp³-hybridized carbons (Fsp3) is 0.273. The molecule has 0 fully saturated rings. The van der Waals surface area contributed by atoms with Gasteiger partial charge in [0.05, 0.1) is 5.54 Å². The molecule has 7 N–H and O–H groups in total. The standard InChI is InChI=1S/C11H15N3O3/c12-7-1-2-9(13)8(5-7)11(14,6-15)4-3-10(16)17/h1-2,5-6H,3-4,12-14H2,(H,16,17)/t11-/m1/s1. The van der Waals surface area contributed by atoms with Gasteiger partial charge in [-0.1, -0.05) is 0 Å². The minimum atomic E-state index is -1.42. The summed E-state index contributed by atoms with van der Waals surface area (Å²) in [6, 6.07) is 4.61. The van der Waals surface area contributed by atoms with Gasteiger partial charge in [0.2, 0.25) is 0 Å². The lowest BCUT2D eigenvalue weighted by Crippen LogP contribution is -2.39. The Hall–Kier alpha value is -2.08. The quantitative estimate of drug-likeness (QED) is 0.423. The van der Waals surface area contributed by atoms with E-state index < -0.39 is 11.5 Å². The van der Waals surface area contributed by atoms with E-state index in [1.807, 2.05) is 0 Å². The van der Waals surface area contributed by atoms with E-state index in [2.05, 4.69) is 0 Å². The highest BCUT2D eigenvalue weighted by molar-refractivity contribution is 5.75. The van der Waals surface area contributed by atoms with Crippen molar-refractivity contribution in [2.45, 2.75) is 18.4 Å². The molecule has 1 rings (SSSR count). The number of benzene rings is 1. The molecule has 0 amide bonds. The van der Waals surface area contributed by atoms with E-state index in [1.54, 1.807) is 6.07 Å². The van der Waals surface area contributed by atoms with Crippen LogP contribution in [0.2, 0.25) is 0 Å². The van der Waals surface area contributed by atoms with Crippen LogP contribution in [-0.4, -0.2) is 17.4 Å². The summed E-state index contributed by atoms with van der Waals surface area (Å²) in [4.78, 5) is 21.6. The molecule has 92 valence electrons. The smallest absolute Gasteiger partial charge is 0.303 e. The Morgan fingerprint density at radius 2 is 2.06 bits per heavy atom. The average molecular weight is 237 g/mol. The molecule has 0 saturated heterocycles. The predicted molar refractivity (Wildman–Crippen MR) is 64.1 cm³/mol. The summed E-state index contributed by atoms with van der Waals surface area (Å²) in [6.07, 6.45) is 0.254. The van der Waals surface area contributed by atoms with Gasteiger partial charge in [0.25, 0.3) is 0 Å². The summed E-state index contributed by atoms with van der Waals surface area (Å²) < 4.78 is 0. The molecule has 0 aromatic heterocycles. The molecule has 0 aliphatic heterocycles. The number of nitrogen functional groups attached to an aromatic ring is 2. The van der Waals surface area contributed by atoms with Gasteiger partial charge in [-0.3, -0.25) is 4.79 Å². The molecule has 17 heavy (non-hydrogen) atoms. The first-order valence-electron chi connectivity index (χ1n) is 5.01. The van der Waals surface area contributed by atoms with E-state index in [0.717, 1.165) is 0 Å². The highest BCUT2D eigenvalue weighted by Crippen LogP contribution is 2.28. The number of rotatable bonds is 5. The third-order valence-corrected chi connectivity index (χ3v) is 2.54. The second-order valence-electron chi connectivity index (χ2n) is 3.90. The van der Waals surface area contributed by atoms with E-state index in [4.69, 9.17) is 22.3 Å². The molecule has 1 aromatic carbocycles. The van der Waals surface area contributed by atoms with Crippen LogP contribution in [0.3, 0.4) is 0 Å². The lowest BCUT2D eigenvalue weighted by atomic mass is 9.86. The highest BCUT2D eigenvalue weighted by Gasteiger charge is 2.29. The number of aliphatic carboxylic acids is 1. The maximum absolute atomic E-state index is 11.1. The molecule has 0 heterocycles. The van der Waals surface area contributed by atoms with Crippen molar-refractivity contribution in [2.75, 3.05) is 11.5 Å². The van der Waals surface area contributed by atoms with Gasteiger partial charge < -0.3 is 27.1 Å². The van der Waals surface area contributed by atoms with Gasteiger partial charge in [0, 0.05) is 23.4 Å². The van der Waals surface area contributed by atoms with Gasteiger partial charge in [-0.05, 0) is 24.6 Å². The number of carboxylic acid groups (broad SMARTS) is 1. The topological polar surface area (TPSA) is 132 Å². The van der Waals surface area contributed by atoms with E-state index in [-0.39, 0.29) is 12.8 Å². The highest BCUT2D eigenvalue weighted by atomic mass is 16.4. The fourth-order valence-corrected chi connectivity index (χ4v) is 1.55. The summed E-state index contributed by atoms with van der Waals surface area (Å²) in [5.41, 5.74) is 16.8. The average Bonchev–Trinajstić information content (AvgIpc) is 2.29. The van der Waals surface area contributed by atoms with Crippen molar-refractivity contribution in [1.82, 2.24) is 0 Å². The maximum Gasteiger partial charge on any atom is 0.303 e. The van der Waals surface area contributed by atoms with Crippen LogP contribution in [0.25, 0.3) is 0 Å². The molecule has 6 heteroatoms. The van der Waals surface area contributed by atoms with E-state index >= 15 is 0 Å². The largest absolute Gasteiger partial charge is 0.481 e. The Morgan fingerprint density at radius 3 is 2.59 bits per heavy atom. The summed E-state index contributed by atoms with van der Waals surface area (Å²) in [6.45, 7) is 0. The van der Waals surface area contributed by atoms with Crippen LogP contribution in [0, 0.1) is 0 Å². The summed E-state index contributed by atoms with van der Waals surface area (Å²) in [5, 5.41) is 8.62. The van der Waals surface area contributed by atoms with Crippen LogP contribution in [0.15, 0.2) is 18.2 Å². The van der Waals surface area contributed by atoms with Gasteiger partial charge in [-0.2, -0.15) is 0 Å². The van der Waals surface area contributed by atoms with Crippen molar-refractivity contribution in [3.05, 3.63) is 23.8 Å². The molecule has 0 bridgehead atoms. The Morgan fingerprint density at radius 1 is 1.41 bits per heavy atom. The Kier molecular flexibility index (Phi) is 3.69. The SMILES string of the molecule is Nc1ccc(N)c([C@](N)(C=O)CCC(=O)O)c1. The lowest BCUT2D eigenvalue weighted by molar-refractivity contribution is -0.137. The number of carbonyl (C=O) groups is 2. The second-order valence-corrected chi connectivity index (χ2v) is 3.90. The zero-order chi connectivity index (χ0) is 13.1. The van der Waals surface area contributed by atoms with Crippen LogP contribution >= 0.6 is 0 Å². The van der Waals surface area contributed by atoms with Crippen molar-refractivity contribution >= 4 is 23.6 Å². The zero-order valence-corrected chi connectivity index (χ0v) is 9.22. The number of carboxylic acids is 1. The number of anilines is 2. The number of nitrogens with two attached hydrogens (primary N) is 3. The third kappa shape index (κ3) is 2.94. The predicted octanol–water partition coefficient (Wildman–Crippen LogP) is 0.0687. The monoisotopic (exact) mass is 237 g/mol. The number of hydrogen-bond acceptors (Lipinski definition) is 5. The molecule has 0 aliphatic rings. The lowest BCUT2D eigenvalue weighted by Gasteiger charge is -2.24. The first kappa shape index (κ1) is 13.0. The van der Waals surface area contributed by atoms with Crippen molar-refractivity contribution in [3.63, 3.8) is 0 Å². The fourth-order valence-electron chi connectivity index (χ4n) is 1.55. The van der Waals surface area contributed by atoms with E-state index in [9.17, 15) is 9.59 Å². The molecule has 0 radical (unpaired) electrons. The number of hydrogen-bond donors (Lipinski definition) is 4. The first-order valence-corrected chi connectivity index (χ1v) is 5.01. The molecular formula is C11H15N3O3. The van der Waals surface area contributed by atoms with E-state index in [0.29, 0.717) is 23.2 Å². The van der Waals surface area contributed by atoms with Crippen molar-refractivity contribution < 1.29 is 14.7 Å². The molecule has 0 aliphatic carbocycles. The Bertz CT molecular complexity index is 448. The van der Waals surface area contributed by atoms with Crippen LogP contribution in [0.1, 0.15) is 18.4 Å². The van der Waals surface area contributed by atoms with Gasteiger partial charge in [0.15, 0.2) is 0 Å². The number of aldehydes is 1. The minimum absolute atomic E-state index is 0.0283. The molecule has 0 saturated carbocycles. The minimum Gasteiger partial charge on any atom is -0.481 e. The molecule has 1 atom stereocenters. The molecular weight excluding hydrogens is 222 g/mol. The van der Waals surface area contributed by atoms with E-state index in [1.165, 1.54) is 12.1 Å². The van der Waals surface area contributed by atoms with Crippen LogP contribution in [-0.2, 0) is 15.1 Å². The molecule has 6 nitrogen and oxygen atoms in total. The number of carbonyl (C=O) groups excluding carboxylic acids is 1. The van der Waals surface area contributed by atoms with Gasteiger partial charge >= 0.3 is 5.97 Å². The maximum atomic E-state index is 11.1. The van der Waals surface area contributed by atoms with Crippen LogP contribution in [0.4, 0.5) is 11.4 Å². The molecule has 1 aromatic rings. The zero-order valence-electron chi connectivity index (χ0n) is 9.22. The van der Waals surface area contributed by atoms with Gasteiger partial charge in [0.1, 0.15) is 6.29 Å². The third-order valence-electron chi connectivity index (χ3n) is 2.54.